The molecule has 0 aliphatic heterocycles. The second-order valence-electron chi connectivity index (χ2n) is 7.95. The number of alkyl halides is 3. The van der Waals surface area contributed by atoms with E-state index in [1.54, 1.807) is 38.1 Å². The van der Waals surface area contributed by atoms with Gasteiger partial charge in [-0.3, -0.25) is 4.79 Å². The Kier molecular flexibility index (Phi) is 8.02. The highest BCUT2D eigenvalue weighted by molar-refractivity contribution is 5.79. The van der Waals surface area contributed by atoms with Gasteiger partial charge in [-0.05, 0) is 60.0 Å². The van der Waals surface area contributed by atoms with Crippen LogP contribution in [0.2, 0.25) is 0 Å². The van der Waals surface area contributed by atoms with Gasteiger partial charge in [-0.25, -0.2) is 4.39 Å². The molecule has 0 amide bonds. The third kappa shape index (κ3) is 7.24. The summed E-state index contributed by atoms with van der Waals surface area (Å²) in [4.78, 5) is 13.1. The van der Waals surface area contributed by atoms with Crippen LogP contribution in [0.15, 0.2) is 72.8 Å². The molecule has 0 aliphatic carbocycles. The summed E-state index contributed by atoms with van der Waals surface area (Å²) in [5.74, 6) is 0.834. The van der Waals surface area contributed by atoms with Crippen molar-refractivity contribution in [3.63, 3.8) is 0 Å². The van der Waals surface area contributed by atoms with Gasteiger partial charge in [-0.15, -0.1) is 19.6 Å². The first-order valence-electron chi connectivity index (χ1n) is 10.6. The first kappa shape index (κ1) is 25.6. The maximum absolute atomic E-state index is 13.1. The maximum Gasteiger partial charge on any atom is 0.573 e. The fraction of sp³-hybridized carbons (Fsp3) is 0.222. The lowest BCUT2D eigenvalue weighted by molar-refractivity contribution is -0.274. The van der Waals surface area contributed by atoms with Crippen molar-refractivity contribution >= 4 is 5.97 Å². The minimum absolute atomic E-state index is 0.233. The third-order valence-corrected chi connectivity index (χ3v) is 4.99. The zero-order valence-electron chi connectivity index (χ0n) is 18.9. The zero-order valence-corrected chi connectivity index (χ0v) is 18.9. The number of carbonyl (C=O) groups is 1. The van der Waals surface area contributed by atoms with Crippen molar-refractivity contribution in [1.82, 2.24) is 0 Å². The SMILES string of the molecule is C#CC(OC(=O)C(c1ccc(OC(F)(F)F)cc1)C(C)C)c1cccc(Oc2ccc(F)cc2)c1. The first-order valence-corrected chi connectivity index (χ1v) is 10.6. The predicted octanol–water partition coefficient (Wildman–Crippen LogP) is 7.17. The molecule has 0 aromatic heterocycles. The Labute approximate surface area is 200 Å². The van der Waals surface area contributed by atoms with Crippen LogP contribution in [0.5, 0.6) is 17.2 Å². The van der Waals surface area contributed by atoms with E-state index in [0.717, 1.165) is 12.1 Å². The van der Waals surface area contributed by atoms with Crippen LogP contribution in [0.4, 0.5) is 17.6 Å². The van der Waals surface area contributed by atoms with Gasteiger partial charge in [0.05, 0.1) is 5.92 Å². The number of hydrogen-bond acceptors (Lipinski definition) is 4. The molecule has 35 heavy (non-hydrogen) atoms. The molecule has 2 atom stereocenters. The van der Waals surface area contributed by atoms with Crippen LogP contribution < -0.4 is 9.47 Å². The van der Waals surface area contributed by atoms with E-state index < -0.39 is 35.9 Å². The van der Waals surface area contributed by atoms with E-state index in [-0.39, 0.29) is 5.92 Å². The maximum atomic E-state index is 13.1. The van der Waals surface area contributed by atoms with Crippen LogP contribution in [0.3, 0.4) is 0 Å². The van der Waals surface area contributed by atoms with Gasteiger partial charge < -0.3 is 14.2 Å². The minimum Gasteiger partial charge on any atom is -0.457 e. The quantitative estimate of drug-likeness (QED) is 0.192. The lowest BCUT2D eigenvalue weighted by Gasteiger charge is -2.23. The molecule has 0 bridgehead atoms. The van der Waals surface area contributed by atoms with Gasteiger partial charge >= 0.3 is 12.3 Å². The van der Waals surface area contributed by atoms with Crippen molar-refractivity contribution in [3.8, 4) is 29.6 Å². The second kappa shape index (κ2) is 11.0. The number of esters is 1. The van der Waals surface area contributed by atoms with Crippen LogP contribution in [0, 0.1) is 24.1 Å². The van der Waals surface area contributed by atoms with E-state index in [1.807, 2.05) is 0 Å². The van der Waals surface area contributed by atoms with Gasteiger partial charge in [0.2, 0.25) is 0 Å². The Balaban J connectivity index is 1.76. The van der Waals surface area contributed by atoms with E-state index in [2.05, 4.69) is 10.7 Å². The number of terminal acetylenes is 1. The van der Waals surface area contributed by atoms with E-state index in [4.69, 9.17) is 15.9 Å². The van der Waals surface area contributed by atoms with Crippen LogP contribution in [0.25, 0.3) is 0 Å². The lowest BCUT2D eigenvalue weighted by Crippen LogP contribution is -2.23. The molecule has 0 spiro atoms. The Morgan fingerprint density at radius 1 is 0.886 bits per heavy atom. The van der Waals surface area contributed by atoms with Gasteiger partial charge in [0.25, 0.3) is 0 Å². The molecule has 0 fully saturated rings. The fourth-order valence-corrected chi connectivity index (χ4v) is 3.44. The molecule has 3 aromatic carbocycles. The Bertz CT molecular complexity index is 1180. The zero-order chi connectivity index (χ0) is 25.6. The number of carbonyl (C=O) groups excluding carboxylic acids is 1. The Hall–Kier alpha value is -3.99. The topological polar surface area (TPSA) is 44.8 Å². The van der Waals surface area contributed by atoms with Gasteiger partial charge in [0.1, 0.15) is 23.1 Å². The summed E-state index contributed by atoms with van der Waals surface area (Å²) in [5.41, 5.74) is 0.945. The van der Waals surface area contributed by atoms with Crippen molar-refractivity contribution < 1.29 is 36.6 Å². The molecular formula is C27H22F4O4. The summed E-state index contributed by atoms with van der Waals surface area (Å²) in [6.45, 7) is 3.57. The van der Waals surface area contributed by atoms with Crippen molar-refractivity contribution in [2.75, 3.05) is 0 Å². The summed E-state index contributed by atoms with van der Waals surface area (Å²) >= 11 is 0. The van der Waals surface area contributed by atoms with E-state index >= 15 is 0 Å². The number of hydrogen-bond donors (Lipinski definition) is 0. The molecule has 8 heteroatoms. The van der Waals surface area contributed by atoms with Crippen molar-refractivity contribution in [3.05, 3.63) is 89.7 Å². The second-order valence-corrected chi connectivity index (χ2v) is 7.95. The van der Waals surface area contributed by atoms with E-state index in [9.17, 15) is 22.4 Å². The highest BCUT2D eigenvalue weighted by Crippen LogP contribution is 2.32. The molecule has 0 radical (unpaired) electrons. The lowest BCUT2D eigenvalue weighted by atomic mass is 9.88. The number of rotatable bonds is 8. The summed E-state index contributed by atoms with van der Waals surface area (Å²) < 4.78 is 65.6. The molecule has 2 unspecified atom stereocenters. The molecule has 0 aliphatic rings. The molecule has 182 valence electrons. The molecule has 0 saturated heterocycles. The third-order valence-electron chi connectivity index (χ3n) is 4.99. The monoisotopic (exact) mass is 486 g/mol. The summed E-state index contributed by atoms with van der Waals surface area (Å²) in [6.07, 6.45) is -0.213. The van der Waals surface area contributed by atoms with Crippen LogP contribution >= 0.6 is 0 Å². The van der Waals surface area contributed by atoms with E-state index in [1.165, 1.54) is 36.4 Å². The first-order chi connectivity index (χ1) is 16.6. The highest BCUT2D eigenvalue weighted by atomic mass is 19.4. The standard InChI is InChI=1S/C27H22F4O4/c1-4-24(19-6-5-7-23(16-19)33-21-14-10-20(28)11-15-21)34-26(32)25(17(2)3)18-8-12-22(13-9-18)35-27(29,30)31/h1,5-17,24-25H,2-3H3. The smallest absolute Gasteiger partial charge is 0.457 e. The average Bonchev–Trinajstić information content (AvgIpc) is 2.79. The van der Waals surface area contributed by atoms with Gasteiger partial charge in [0, 0.05) is 5.56 Å². The van der Waals surface area contributed by atoms with Crippen LogP contribution in [-0.4, -0.2) is 12.3 Å². The Morgan fingerprint density at radius 3 is 2.09 bits per heavy atom. The minimum atomic E-state index is -4.81. The average molecular weight is 486 g/mol. The summed E-state index contributed by atoms with van der Waals surface area (Å²) in [5, 5.41) is 0. The summed E-state index contributed by atoms with van der Waals surface area (Å²) in [6, 6.07) is 17.1. The molecule has 0 N–H and O–H groups in total. The normalized spacial score (nSPS) is 13.0. The van der Waals surface area contributed by atoms with Crippen molar-refractivity contribution in [1.29, 1.82) is 0 Å². The number of ether oxygens (including phenoxy) is 3. The van der Waals surface area contributed by atoms with Crippen molar-refractivity contribution in [2.45, 2.75) is 32.2 Å². The van der Waals surface area contributed by atoms with Gasteiger partial charge in [-0.1, -0.05) is 44.0 Å². The molecular weight excluding hydrogens is 464 g/mol. The van der Waals surface area contributed by atoms with Crippen LogP contribution in [-0.2, 0) is 9.53 Å². The fourth-order valence-electron chi connectivity index (χ4n) is 3.44. The van der Waals surface area contributed by atoms with Crippen molar-refractivity contribution in [2.24, 2.45) is 5.92 Å². The summed E-state index contributed by atoms with van der Waals surface area (Å²) in [7, 11) is 0. The molecule has 3 aromatic rings. The van der Waals surface area contributed by atoms with Crippen LogP contribution in [0.1, 0.15) is 37.0 Å². The molecule has 0 heterocycles. The Morgan fingerprint density at radius 2 is 1.51 bits per heavy atom. The van der Waals surface area contributed by atoms with Gasteiger partial charge in [-0.2, -0.15) is 0 Å². The number of halogens is 4. The predicted molar refractivity (Wildman–Crippen MR) is 121 cm³/mol. The largest absolute Gasteiger partial charge is 0.573 e. The molecule has 4 nitrogen and oxygen atoms in total. The molecule has 0 saturated carbocycles. The number of benzene rings is 3. The molecule has 3 rings (SSSR count). The van der Waals surface area contributed by atoms with E-state index in [0.29, 0.717) is 22.6 Å². The highest BCUT2D eigenvalue weighted by Gasteiger charge is 2.32. The van der Waals surface area contributed by atoms with Gasteiger partial charge in [0.15, 0.2) is 6.10 Å².